The van der Waals surface area contributed by atoms with Crippen LogP contribution in [0.3, 0.4) is 0 Å². The number of rotatable bonds is 8. The zero-order chi connectivity index (χ0) is 19.6. The van der Waals surface area contributed by atoms with Gasteiger partial charge in [-0.2, -0.15) is 0 Å². The summed E-state index contributed by atoms with van der Waals surface area (Å²) in [6, 6.07) is 4.84. The summed E-state index contributed by atoms with van der Waals surface area (Å²) in [4.78, 5) is 14.0. The highest BCUT2D eigenvalue weighted by molar-refractivity contribution is 14.0. The van der Waals surface area contributed by atoms with Crippen molar-refractivity contribution in [2.45, 2.75) is 32.2 Å². The summed E-state index contributed by atoms with van der Waals surface area (Å²) >= 11 is 1.86. The largest absolute Gasteiger partial charge is 0.357 e. The maximum Gasteiger partial charge on any atom is 0.191 e. The van der Waals surface area contributed by atoms with Gasteiger partial charge in [-0.25, -0.2) is 0 Å². The quantitative estimate of drug-likeness (QED) is 0.305. The number of thiophene rings is 1. The maximum atomic E-state index is 4.96. The molecule has 1 atom stereocenters. The van der Waals surface area contributed by atoms with Gasteiger partial charge in [0, 0.05) is 37.6 Å². The molecular weight excluding hydrogens is 495 g/mol. The Morgan fingerprint density at radius 1 is 1.10 bits per heavy atom. The van der Waals surface area contributed by atoms with Crippen molar-refractivity contribution in [3.05, 3.63) is 22.4 Å². The second-order valence-electron chi connectivity index (χ2n) is 7.92. The fourth-order valence-electron chi connectivity index (χ4n) is 4.10. The molecule has 6 nitrogen and oxygen atoms in total. The Labute approximate surface area is 198 Å². The molecule has 1 unspecified atom stereocenters. The number of aliphatic imine (C=N–C) groups is 1. The minimum Gasteiger partial charge on any atom is -0.357 e. The van der Waals surface area contributed by atoms with E-state index < -0.39 is 0 Å². The van der Waals surface area contributed by atoms with Gasteiger partial charge in [-0.15, -0.1) is 35.3 Å². The first kappa shape index (κ1) is 24.8. The van der Waals surface area contributed by atoms with Crippen LogP contribution in [0.5, 0.6) is 0 Å². The molecule has 1 aromatic heterocycles. The summed E-state index contributed by atoms with van der Waals surface area (Å²) < 4.78 is 0. The molecule has 0 spiro atoms. The van der Waals surface area contributed by atoms with E-state index in [-0.39, 0.29) is 24.0 Å². The lowest BCUT2D eigenvalue weighted by atomic mass is 10.2. The summed E-state index contributed by atoms with van der Waals surface area (Å²) in [5.41, 5.74) is 0. The van der Waals surface area contributed by atoms with E-state index in [1.165, 1.54) is 63.4 Å². The van der Waals surface area contributed by atoms with Crippen molar-refractivity contribution >= 4 is 41.3 Å². The molecule has 0 aromatic carbocycles. The van der Waals surface area contributed by atoms with Crippen LogP contribution in [0.15, 0.2) is 22.5 Å². The summed E-state index contributed by atoms with van der Waals surface area (Å²) in [7, 11) is 2.22. The van der Waals surface area contributed by atoms with Crippen molar-refractivity contribution in [3.8, 4) is 0 Å². The maximum absolute atomic E-state index is 4.96. The van der Waals surface area contributed by atoms with Gasteiger partial charge in [-0.3, -0.25) is 9.89 Å². The van der Waals surface area contributed by atoms with Crippen molar-refractivity contribution in [1.29, 1.82) is 0 Å². The molecule has 0 aliphatic carbocycles. The van der Waals surface area contributed by atoms with Crippen LogP contribution in [0.2, 0.25) is 0 Å². The normalized spacial score (nSPS) is 20.8. The Morgan fingerprint density at radius 2 is 1.93 bits per heavy atom. The van der Waals surface area contributed by atoms with E-state index in [0.717, 1.165) is 32.1 Å². The van der Waals surface area contributed by atoms with Crippen molar-refractivity contribution in [2.75, 3.05) is 72.5 Å². The Kier molecular flexibility index (Phi) is 11.8. The summed E-state index contributed by atoms with van der Waals surface area (Å²) in [5.74, 6) is 0.954. The lowest BCUT2D eigenvalue weighted by molar-refractivity contribution is 0.255. The van der Waals surface area contributed by atoms with Gasteiger partial charge in [-0.05, 0) is 70.9 Å². The van der Waals surface area contributed by atoms with Crippen LogP contribution in [0.25, 0.3) is 0 Å². The fraction of sp³-hybridized carbons (Fsp3) is 0.762. The molecule has 0 saturated carbocycles. The molecule has 0 radical (unpaired) electrons. The van der Waals surface area contributed by atoms with Gasteiger partial charge in [0.1, 0.15) is 0 Å². The van der Waals surface area contributed by atoms with Gasteiger partial charge in [0.05, 0.1) is 12.6 Å². The lowest BCUT2D eigenvalue weighted by Crippen LogP contribution is -2.42. The number of nitrogens with zero attached hydrogens (tertiary/aromatic N) is 4. The second-order valence-corrected chi connectivity index (χ2v) is 8.90. The molecule has 2 aliphatic rings. The van der Waals surface area contributed by atoms with Gasteiger partial charge < -0.3 is 20.4 Å². The Hall–Kier alpha value is -0.420. The molecule has 166 valence electrons. The van der Waals surface area contributed by atoms with Crippen LogP contribution < -0.4 is 10.6 Å². The molecule has 0 amide bonds. The van der Waals surface area contributed by atoms with Crippen LogP contribution >= 0.6 is 35.3 Å². The van der Waals surface area contributed by atoms with Crippen molar-refractivity contribution in [3.63, 3.8) is 0 Å². The Morgan fingerprint density at radius 3 is 2.66 bits per heavy atom. The van der Waals surface area contributed by atoms with E-state index >= 15 is 0 Å². The Bertz CT molecular complexity index is 576. The molecule has 0 bridgehead atoms. The molecule has 2 N–H and O–H groups in total. The van der Waals surface area contributed by atoms with Crippen LogP contribution in [-0.2, 0) is 0 Å². The third-order valence-electron chi connectivity index (χ3n) is 5.75. The summed E-state index contributed by atoms with van der Waals surface area (Å²) in [6.07, 6.45) is 3.90. The van der Waals surface area contributed by atoms with Crippen LogP contribution in [0.1, 0.15) is 37.1 Å². The number of hydrogen-bond donors (Lipinski definition) is 2. The summed E-state index contributed by atoms with van der Waals surface area (Å²) in [5, 5.41) is 9.17. The van der Waals surface area contributed by atoms with Crippen molar-refractivity contribution < 1.29 is 0 Å². The average molecular weight is 535 g/mol. The molecule has 3 rings (SSSR count). The van der Waals surface area contributed by atoms with E-state index in [0.29, 0.717) is 6.04 Å². The van der Waals surface area contributed by atoms with Gasteiger partial charge in [0.25, 0.3) is 0 Å². The summed E-state index contributed by atoms with van der Waals surface area (Å²) in [6.45, 7) is 13.0. The third kappa shape index (κ3) is 8.32. The van der Waals surface area contributed by atoms with E-state index in [2.05, 4.69) is 56.8 Å². The highest BCUT2D eigenvalue weighted by atomic mass is 127. The predicted octanol–water partition coefficient (Wildman–Crippen LogP) is 2.70. The van der Waals surface area contributed by atoms with E-state index in [1.54, 1.807) is 0 Å². The molecule has 2 aliphatic heterocycles. The van der Waals surface area contributed by atoms with E-state index in [4.69, 9.17) is 4.99 Å². The molecule has 2 fully saturated rings. The number of hydrogen-bond acceptors (Lipinski definition) is 5. The molecule has 3 heterocycles. The SMILES string of the molecule is CCNC(=NCC(c1cccs1)N1CCCC1)NCCN1CCCN(C)CC1.I. The number of halogens is 1. The zero-order valence-corrected chi connectivity index (χ0v) is 21.3. The van der Waals surface area contributed by atoms with Gasteiger partial charge in [-0.1, -0.05) is 6.07 Å². The monoisotopic (exact) mass is 534 g/mol. The number of likely N-dealkylation sites (N-methyl/N-ethyl adjacent to an activating group) is 1. The van der Waals surface area contributed by atoms with Crippen LogP contribution in [0, 0.1) is 0 Å². The van der Waals surface area contributed by atoms with Gasteiger partial charge in [0.15, 0.2) is 5.96 Å². The average Bonchev–Trinajstić information content (AvgIpc) is 3.37. The van der Waals surface area contributed by atoms with Crippen molar-refractivity contribution in [2.24, 2.45) is 4.99 Å². The first-order valence-corrected chi connectivity index (χ1v) is 11.8. The number of nitrogens with one attached hydrogen (secondary N) is 2. The smallest absolute Gasteiger partial charge is 0.191 e. The minimum absolute atomic E-state index is 0. The number of likely N-dealkylation sites (tertiary alicyclic amines) is 1. The minimum atomic E-state index is 0. The standard InChI is InChI=1S/C21H38N6S.HI/c1-3-22-21(23-9-14-26-11-7-10-25(2)15-16-26)24-18-19(20-8-6-17-28-20)27-12-4-5-13-27;/h6,8,17,19H,3-5,7,9-16,18H2,1-2H3,(H2,22,23,24);1H. The fourth-order valence-corrected chi connectivity index (χ4v) is 4.95. The zero-order valence-electron chi connectivity index (χ0n) is 18.1. The first-order valence-electron chi connectivity index (χ1n) is 11.0. The lowest BCUT2D eigenvalue weighted by Gasteiger charge is -2.26. The molecule has 2 saturated heterocycles. The van der Waals surface area contributed by atoms with Crippen molar-refractivity contribution in [1.82, 2.24) is 25.3 Å². The van der Waals surface area contributed by atoms with E-state index in [9.17, 15) is 0 Å². The number of guanidine groups is 1. The first-order chi connectivity index (χ1) is 13.8. The topological polar surface area (TPSA) is 46.1 Å². The highest BCUT2D eigenvalue weighted by Gasteiger charge is 2.24. The third-order valence-corrected chi connectivity index (χ3v) is 6.73. The second kappa shape index (κ2) is 13.8. The van der Waals surface area contributed by atoms with Gasteiger partial charge in [0.2, 0.25) is 0 Å². The Balaban J connectivity index is 0.00000300. The highest BCUT2D eigenvalue weighted by Crippen LogP contribution is 2.28. The molecule has 8 heteroatoms. The molecule has 1 aromatic rings. The van der Waals surface area contributed by atoms with Crippen LogP contribution in [-0.4, -0.2) is 93.2 Å². The van der Waals surface area contributed by atoms with Crippen LogP contribution in [0.4, 0.5) is 0 Å². The molecule has 29 heavy (non-hydrogen) atoms. The van der Waals surface area contributed by atoms with Gasteiger partial charge >= 0.3 is 0 Å². The van der Waals surface area contributed by atoms with E-state index in [1.807, 2.05) is 11.3 Å². The molecular formula is C21H39IN6S. The predicted molar refractivity (Wildman–Crippen MR) is 136 cm³/mol.